The number of nitrogen functional groups attached to an aromatic ring is 1. The molecule has 4 rings (SSSR count). The second kappa shape index (κ2) is 4.37. The van der Waals surface area contributed by atoms with Crippen LogP contribution in [0, 0.1) is 5.41 Å². The van der Waals surface area contributed by atoms with Gasteiger partial charge in [0.15, 0.2) is 5.82 Å². The summed E-state index contributed by atoms with van der Waals surface area (Å²) in [6.07, 6.45) is 3.06. The summed E-state index contributed by atoms with van der Waals surface area (Å²) in [5.74, 6) is 0.601. The highest BCUT2D eigenvalue weighted by molar-refractivity contribution is 5.98. The summed E-state index contributed by atoms with van der Waals surface area (Å²) in [5.41, 5.74) is 10.3. The maximum absolute atomic E-state index is 7.83. The van der Waals surface area contributed by atoms with Crippen LogP contribution in [0.25, 0.3) is 16.9 Å². The van der Waals surface area contributed by atoms with Gasteiger partial charge in [-0.25, -0.2) is 4.98 Å². The summed E-state index contributed by atoms with van der Waals surface area (Å²) >= 11 is 0. The molecule has 0 fully saturated rings. The van der Waals surface area contributed by atoms with Crippen molar-refractivity contribution in [2.45, 2.75) is 19.3 Å². The zero-order chi connectivity index (χ0) is 14.4. The van der Waals surface area contributed by atoms with Crippen molar-refractivity contribution in [1.82, 2.24) is 20.0 Å². The van der Waals surface area contributed by atoms with E-state index in [9.17, 15) is 0 Å². The lowest BCUT2D eigenvalue weighted by atomic mass is 10.1. The minimum absolute atomic E-state index is 0.00628. The van der Waals surface area contributed by atoms with E-state index in [0.29, 0.717) is 11.4 Å². The van der Waals surface area contributed by atoms with E-state index in [0.717, 1.165) is 36.0 Å². The molecule has 1 aliphatic carbocycles. The number of fused-ring (bicyclic) bond motifs is 2. The van der Waals surface area contributed by atoms with Gasteiger partial charge in [0.25, 0.3) is 0 Å². The number of rotatable bonds is 2. The van der Waals surface area contributed by atoms with Gasteiger partial charge in [0, 0.05) is 5.69 Å². The van der Waals surface area contributed by atoms with Crippen molar-refractivity contribution in [2.24, 2.45) is 5.73 Å². The first-order valence-corrected chi connectivity index (χ1v) is 6.92. The summed E-state index contributed by atoms with van der Waals surface area (Å²) in [4.78, 5) is 4.71. The Hall–Kier alpha value is -2.76. The highest BCUT2D eigenvalue weighted by atomic mass is 15.4. The Morgan fingerprint density at radius 3 is 2.95 bits per heavy atom. The van der Waals surface area contributed by atoms with Crippen LogP contribution in [0.3, 0.4) is 0 Å². The minimum Gasteiger partial charge on any atom is -0.384 e. The molecule has 2 aromatic heterocycles. The average Bonchev–Trinajstić information content (AvgIpc) is 3.11. The van der Waals surface area contributed by atoms with Crippen LogP contribution >= 0.6 is 0 Å². The molecule has 0 unspecified atom stereocenters. The Labute approximate surface area is 121 Å². The molecule has 104 valence electrons. The molecule has 0 bridgehead atoms. The van der Waals surface area contributed by atoms with Crippen LogP contribution in [0.2, 0.25) is 0 Å². The number of nitrogens with one attached hydrogen (secondary N) is 1. The molecule has 0 radical (unpaired) electrons. The van der Waals surface area contributed by atoms with E-state index < -0.39 is 0 Å². The molecule has 1 aliphatic rings. The molecule has 1 aromatic carbocycles. The molecular weight excluding hydrogens is 264 g/mol. The van der Waals surface area contributed by atoms with Crippen molar-refractivity contribution in [3.63, 3.8) is 0 Å². The maximum Gasteiger partial charge on any atom is 0.167 e. The van der Waals surface area contributed by atoms with E-state index in [1.54, 1.807) is 4.68 Å². The molecule has 0 saturated carbocycles. The number of amidine groups is 1. The van der Waals surface area contributed by atoms with Gasteiger partial charge in [-0.05, 0) is 43.0 Å². The Morgan fingerprint density at radius 1 is 1.24 bits per heavy atom. The molecule has 21 heavy (non-hydrogen) atoms. The van der Waals surface area contributed by atoms with Crippen LogP contribution in [0.4, 0.5) is 0 Å². The number of nitrogens with two attached hydrogens (primary N) is 1. The van der Waals surface area contributed by atoms with Crippen LogP contribution in [-0.4, -0.2) is 25.8 Å². The smallest absolute Gasteiger partial charge is 0.167 e. The van der Waals surface area contributed by atoms with E-state index >= 15 is 0 Å². The Balaban J connectivity index is 2.01. The zero-order valence-corrected chi connectivity index (χ0v) is 11.4. The van der Waals surface area contributed by atoms with Crippen LogP contribution in [0.5, 0.6) is 0 Å². The van der Waals surface area contributed by atoms with Gasteiger partial charge in [-0.15, -0.1) is 5.10 Å². The number of benzene rings is 1. The quantitative estimate of drug-likeness (QED) is 0.550. The van der Waals surface area contributed by atoms with Crippen molar-refractivity contribution in [2.75, 3.05) is 0 Å². The van der Waals surface area contributed by atoms with E-state index in [1.807, 2.05) is 30.3 Å². The molecule has 0 aliphatic heterocycles. The Kier molecular flexibility index (Phi) is 2.50. The summed E-state index contributed by atoms with van der Waals surface area (Å²) in [5, 5.41) is 16.2. The first kappa shape index (κ1) is 12.0. The van der Waals surface area contributed by atoms with Crippen molar-refractivity contribution in [1.29, 1.82) is 5.41 Å². The van der Waals surface area contributed by atoms with Gasteiger partial charge in [-0.1, -0.05) is 17.3 Å². The largest absolute Gasteiger partial charge is 0.384 e. The number of hydrogen-bond acceptors (Lipinski definition) is 4. The topological polar surface area (TPSA) is 93.5 Å². The molecule has 2 heterocycles. The van der Waals surface area contributed by atoms with Gasteiger partial charge in [0.05, 0.1) is 11.1 Å². The van der Waals surface area contributed by atoms with Crippen molar-refractivity contribution in [3.05, 3.63) is 47.2 Å². The molecule has 0 amide bonds. The average molecular weight is 278 g/mol. The third-order valence-electron chi connectivity index (χ3n) is 3.87. The van der Waals surface area contributed by atoms with Gasteiger partial charge >= 0.3 is 0 Å². The normalized spacial score (nSPS) is 13.5. The lowest BCUT2D eigenvalue weighted by molar-refractivity contribution is 0.791. The molecule has 3 N–H and O–H groups in total. The molecule has 0 atom stereocenters. The van der Waals surface area contributed by atoms with E-state index in [1.165, 1.54) is 5.56 Å². The predicted molar refractivity (Wildman–Crippen MR) is 79.7 cm³/mol. The summed E-state index contributed by atoms with van der Waals surface area (Å²) in [6, 6.07) is 9.67. The van der Waals surface area contributed by atoms with E-state index in [4.69, 9.17) is 16.1 Å². The van der Waals surface area contributed by atoms with Crippen LogP contribution < -0.4 is 5.73 Å². The third kappa shape index (κ3) is 1.79. The fraction of sp³-hybridized carbons (Fsp3) is 0.200. The number of aryl methyl sites for hydroxylation is 2. The number of aromatic nitrogens is 4. The van der Waals surface area contributed by atoms with Crippen molar-refractivity contribution in [3.8, 4) is 5.82 Å². The maximum atomic E-state index is 7.83. The molecule has 6 heteroatoms. The fourth-order valence-electron chi connectivity index (χ4n) is 2.85. The lowest BCUT2D eigenvalue weighted by Gasteiger charge is -2.10. The first-order chi connectivity index (χ1) is 10.2. The molecule has 6 nitrogen and oxygen atoms in total. The molecular formula is C15H14N6. The third-order valence-corrected chi connectivity index (χ3v) is 3.87. The van der Waals surface area contributed by atoms with Crippen LogP contribution in [0.15, 0.2) is 30.3 Å². The highest BCUT2D eigenvalue weighted by Gasteiger charge is 2.20. The van der Waals surface area contributed by atoms with E-state index in [-0.39, 0.29) is 5.84 Å². The van der Waals surface area contributed by atoms with Gasteiger partial charge in [0.2, 0.25) is 0 Å². The standard InChI is InChI=1S/C15H14N6/c16-14(17)10-8-9-4-3-6-11(9)18-15(10)21-13-7-2-1-5-12(13)19-20-21/h1-2,5,7-8H,3-4,6H2,(H3,16,17). The highest BCUT2D eigenvalue weighted by Crippen LogP contribution is 2.25. The Morgan fingerprint density at radius 2 is 2.10 bits per heavy atom. The van der Waals surface area contributed by atoms with Gasteiger partial charge < -0.3 is 5.73 Å². The second-order valence-electron chi connectivity index (χ2n) is 5.22. The lowest BCUT2D eigenvalue weighted by Crippen LogP contribution is -2.18. The number of pyridine rings is 1. The molecule has 0 saturated heterocycles. The molecule has 3 aromatic rings. The second-order valence-corrected chi connectivity index (χ2v) is 5.22. The number of nitrogens with zero attached hydrogens (tertiary/aromatic N) is 4. The monoisotopic (exact) mass is 278 g/mol. The molecule has 0 spiro atoms. The first-order valence-electron chi connectivity index (χ1n) is 6.92. The Bertz CT molecular complexity index is 864. The summed E-state index contributed by atoms with van der Waals surface area (Å²) in [6.45, 7) is 0. The van der Waals surface area contributed by atoms with E-state index in [2.05, 4.69) is 10.3 Å². The van der Waals surface area contributed by atoms with Gasteiger partial charge in [0.1, 0.15) is 11.4 Å². The van der Waals surface area contributed by atoms with Crippen molar-refractivity contribution >= 4 is 16.9 Å². The SMILES string of the molecule is N=C(N)c1cc2c(nc1-n1nnc3ccccc31)CCC2. The van der Waals surface area contributed by atoms with Crippen LogP contribution in [0.1, 0.15) is 23.2 Å². The van der Waals surface area contributed by atoms with Gasteiger partial charge in [-0.2, -0.15) is 4.68 Å². The summed E-state index contributed by atoms with van der Waals surface area (Å²) in [7, 11) is 0. The summed E-state index contributed by atoms with van der Waals surface area (Å²) < 4.78 is 1.67. The zero-order valence-electron chi connectivity index (χ0n) is 11.4. The number of para-hydroxylation sites is 1. The van der Waals surface area contributed by atoms with Gasteiger partial charge in [-0.3, -0.25) is 5.41 Å². The number of hydrogen-bond donors (Lipinski definition) is 2. The predicted octanol–water partition coefficient (Wildman–Crippen LogP) is 1.59. The van der Waals surface area contributed by atoms with Crippen LogP contribution in [-0.2, 0) is 12.8 Å². The fourth-order valence-corrected chi connectivity index (χ4v) is 2.85. The van der Waals surface area contributed by atoms with Crippen molar-refractivity contribution < 1.29 is 0 Å². The minimum atomic E-state index is 0.00628.